The van der Waals surface area contributed by atoms with Crippen molar-refractivity contribution in [3.63, 3.8) is 0 Å². The number of carbonyl (C=O) groups excluding carboxylic acids is 1. The maximum Gasteiger partial charge on any atom is 0.229 e. The van der Waals surface area contributed by atoms with Gasteiger partial charge < -0.3 is 11.1 Å². The van der Waals surface area contributed by atoms with E-state index in [-0.39, 0.29) is 30.8 Å². The molecular weight excluding hydrogens is 374 g/mol. The molecule has 0 saturated heterocycles. The van der Waals surface area contributed by atoms with Crippen LogP contribution in [-0.2, 0) is 14.8 Å². The molecule has 2 aromatic carbocycles. The van der Waals surface area contributed by atoms with Gasteiger partial charge in [-0.25, -0.2) is 8.42 Å². The minimum absolute atomic E-state index is 0. The third-order valence-corrected chi connectivity index (χ3v) is 4.32. The Morgan fingerprint density at radius 2 is 1.65 bits per heavy atom. The molecule has 0 radical (unpaired) electrons. The first kappa shape index (κ1) is 22.0. The largest absolute Gasteiger partial charge is 0.349 e. The molecule has 1 amide bonds. The van der Waals surface area contributed by atoms with E-state index in [1.54, 1.807) is 31.2 Å². The summed E-state index contributed by atoms with van der Waals surface area (Å²) in [6.45, 7) is 1.80. The fraction of sp³-hybridized carbons (Fsp3) is 0.278. The Balaban J connectivity index is 0.00000338. The molecule has 2 atom stereocenters. The van der Waals surface area contributed by atoms with E-state index in [2.05, 4.69) is 10.0 Å². The maximum atomic E-state index is 12.3. The zero-order valence-corrected chi connectivity index (χ0v) is 16.3. The molecule has 0 aromatic heterocycles. The minimum atomic E-state index is -3.40. The standard InChI is InChI=1S/C18H23N3O3S.ClH/c1-13(15-10-6-7-11-17(15)21-25(2,23)24)20-18(22)12-16(19)14-8-4-3-5-9-14;/h3-11,13,16,21H,12,19H2,1-2H3,(H,20,22);1H. The van der Waals surface area contributed by atoms with E-state index < -0.39 is 16.1 Å². The Bertz CT molecular complexity index is 829. The number of halogens is 1. The average molecular weight is 398 g/mol. The van der Waals surface area contributed by atoms with Crippen LogP contribution in [0, 0.1) is 0 Å². The Kier molecular flexibility index (Phi) is 8.08. The average Bonchev–Trinajstić information content (AvgIpc) is 2.54. The van der Waals surface area contributed by atoms with Crippen molar-refractivity contribution in [3.05, 3.63) is 65.7 Å². The van der Waals surface area contributed by atoms with Crippen LogP contribution in [0.25, 0.3) is 0 Å². The molecule has 0 aliphatic heterocycles. The SMILES string of the molecule is CC(NC(=O)CC(N)c1ccccc1)c1ccccc1NS(C)(=O)=O.Cl. The van der Waals surface area contributed by atoms with Gasteiger partial charge in [0.25, 0.3) is 0 Å². The van der Waals surface area contributed by atoms with Crippen molar-refractivity contribution in [2.75, 3.05) is 11.0 Å². The van der Waals surface area contributed by atoms with Crippen LogP contribution in [0.4, 0.5) is 5.69 Å². The molecule has 0 saturated carbocycles. The van der Waals surface area contributed by atoms with Crippen molar-refractivity contribution in [1.29, 1.82) is 0 Å². The molecule has 0 fully saturated rings. The normalized spacial score (nSPS) is 13.2. The van der Waals surface area contributed by atoms with E-state index in [4.69, 9.17) is 5.73 Å². The summed E-state index contributed by atoms with van der Waals surface area (Å²) in [5.74, 6) is -0.196. The number of hydrogen-bond acceptors (Lipinski definition) is 4. The number of sulfonamides is 1. The van der Waals surface area contributed by atoms with Crippen molar-refractivity contribution in [3.8, 4) is 0 Å². The Morgan fingerprint density at radius 1 is 1.08 bits per heavy atom. The van der Waals surface area contributed by atoms with Crippen molar-refractivity contribution in [1.82, 2.24) is 5.32 Å². The van der Waals surface area contributed by atoms with Crippen LogP contribution in [0.15, 0.2) is 54.6 Å². The lowest BCUT2D eigenvalue weighted by Gasteiger charge is -2.19. The third-order valence-electron chi connectivity index (χ3n) is 3.73. The molecule has 0 bridgehead atoms. The highest BCUT2D eigenvalue weighted by Crippen LogP contribution is 2.24. The van der Waals surface area contributed by atoms with E-state index in [9.17, 15) is 13.2 Å². The quantitative estimate of drug-likeness (QED) is 0.668. The molecular formula is C18H24ClN3O3S. The fourth-order valence-electron chi connectivity index (χ4n) is 2.56. The Hall–Kier alpha value is -2.09. The third kappa shape index (κ3) is 6.67. The number of carbonyl (C=O) groups is 1. The molecule has 8 heteroatoms. The van der Waals surface area contributed by atoms with Crippen LogP contribution >= 0.6 is 12.4 Å². The second-order valence-corrected chi connectivity index (χ2v) is 7.72. The van der Waals surface area contributed by atoms with Crippen LogP contribution in [0.2, 0.25) is 0 Å². The van der Waals surface area contributed by atoms with Gasteiger partial charge in [0.2, 0.25) is 15.9 Å². The van der Waals surface area contributed by atoms with Crippen LogP contribution in [-0.4, -0.2) is 20.6 Å². The predicted molar refractivity (Wildman–Crippen MR) is 107 cm³/mol. The van der Waals surface area contributed by atoms with Gasteiger partial charge in [-0.1, -0.05) is 48.5 Å². The number of para-hydroxylation sites is 1. The fourth-order valence-corrected chi connectivity index (χ4v) is 3.15. The molecule has 2 aromatic rings. The van der Waals surface area contributed by atoms with Gasteiger partial charge in [-0.2, -0.15) is 0 Å². The van der Waals surface area contributed by atoms with E-state index in [1.165, 1.54) is 0 Å². The van der Waals surface area contributed by atoms with E-state index in [0.29, 0.717) is 11.3 Å². The first-order valence-electron chi connectivity index (χ1n) is 7.93. The van der Waals surface area contributed by atoms with Gasteiger partial charge in [0, 0.05) is 12.5 Å². The summed E-state index contributed by atoms with van der Waals surface area (Å²) in [4.78, 5) is 12.3. The lowest BCUT2D eigenvalue weighted by atomic mass is 10.0. The highest BCUT2D eigenvalue weighted by atomic mass is 35.5. The van der Waals surface area contributed by atoms with Crippen molar-refractivity contribution >= 4 is 34.0 Å². The summed E-state index contributed by atoms with van der Waals surface area (Å²) in [6.07, 6.45) is 1.24. The van der Waals surface area contributed by atoms with Gasteiger partial charge in [0.05, 0.1) is 18.0 Å². The molecule has 0 spiro atoms. The predicted octanol–water partition coefficient (Wildman–Crippen LogP) is 2.75. The summed E-state index contributed by atoms with van der Waals surface area (Å²) in [5.41, 5.74) is 8.10. The number of rotatable bonds is 7. The topological polar surface area (TPSA) is 101 Å². The minimum Gasteiger partial charge on any atom is -0.349 e. The smallest absolute Gasteiger partial charge is 0.229 e. The van der Waals surface area contributed by atoms with Crippen molar-refractivity contribution < 1.29 is 13.2 Å². The highest BCUT2D eigenvalue weighted by Gasteiger charge is 2.17. The summed E-state index contributed by atoms with van der Waals surface area (Å²) >= 11 is 0. The van der Waals surface area contributed by atoms with Gasteiger partial charge in [-0.05, 0) is 24.1 Å². The van der Waals surface area contributed by atoms with Gasteiger partial charge in [0.15, 0.2) is 0 Å². The molecule has 26 heavy (non-hydrogen) atoms. The summed E-state index contributed by atoms with van der Waals surface area (Å²) < 4.78 is 25.4. The van der Waals surface area contributed by atoms with E-state index in [0.717, 1.165) is 11.8 Å². The number of hydrogen-bond donors (Lipinski definition) is 3. The van der Waals surface area contributed by atoms with Crippen molar-refractivity contribution in [2.45, 2.75) is 25.4 Å². The maximum absolute atomic E-state index is 12.3. The number of nitrogens with two attached hydrogens (primary N) is 1. The number of anilines is 1. The van der Waals surface area contributed by atoms with Crippen LogP contribution in [0.1, 0.15) is 36.6 Å². The van der Waals surface area contributed by atoms with Gasteiger partial charge >= 0.3 is 0 Å². The van der Waals surface area contributed by atoms with Crippen LogP contribution in [0.3, 0.4) is 0 Å². The van der Waals surface area contributed by atoms with Crippen molar-refractivity contribution in [2.24, 2.45) is 5.73 Å². The number of benzene rings is 2. The van der Waals surface area contributed by atoms with Crippen LogP contribution < -0.4 is 15.8 Å². The van der Waals surface area contributed by atoms with E-state index >= 15 is 0 Å². The zero-order valence-electron chi connectivity index (χ0n) is 14.7. The molecule has 4 N–H and O–H groups in total. The molecule has 0 heterocycles. The summed E-state index contributed by atoms with van der Waals surface area (Å²) in [5, 5.41) is 2.87. The lowest BCUT2D eigenvalue weighted by Crippen LogP contribution is -2.30. The molecule has 2 unspecified atom stereocenters. The van der Waals surface area contributed by atoms with Gasteiger partial charge in [-0.15, -0.1) is 12.4 Å². The number of nitrogens with one attached hydrogen (secondary N) is 2. The Labute approximate surface area is 160 Å². The monoisotopic (exact) mass is 397 g/mol. The first-order chi connectivity index (χ1) is 11.8. The molecule has 0 aliphatic rings. The highest BCUT2D eigenvalue weighted by molar-refractivity contribution is 7.92. The van der Waals surface area contributed by atoms with E-state index in [1.807, 2.05) is 30.3 Å². The molecule has 6 nitrogen and oxygen atoms in total. The zero-order chi connectivity index (χ0) is 18.4. The second-order valence-electron chi connectivity index (χ2n) is 5.97. The first-order valence-corrected chi connectivity index (χ1v) is 9.82. The molecule has 2 rings (SSSR count). The second kappa shape index (κ2) is 9.56. The Morgan fingerprint density at radius 3 is 2.27 bits per heavy atom. The summed E-state index contributed by atoms with van der Waals surface area (Å²) in [6, 6.07) is 15.6. The lowest BCUT2D eigenvalue weighted by molar-refractivity contribution is -0.122. The molecule has 142 valence electrons. The van der Waals surface area contributed by atoms with Crippen LogP contribution in [0.5, 0.6) is 0 Å². The summed E-state index contributed by atoms with van der Waals surface area (Å²) in [7, 11) is -3.40. The number of amides is 1. The van der Waals surface area contributed by atoms with Gasteiger partial charge in [-0.3, -0.25) is 9.52 Å². The molecule has 0 aliphatic carbocycles. The van der Waals surface area contributed by atoms with Gasteiger partial charge in [0.1, 0.15) is 0 Å².